The smallest absolute Gasteiger partial charge is 0.229 e. The Morgan fingerprint density at radius 1 is 1.35 bits per heavy atom. The maximum atomic E-state index is 12.9. The number of hydrogen-bond acceptors (Lipinski definition) is 3. The van der Waals surface area contributed by atoms with E-state index in [4.69, 9.17) is 0 Å². The Balaban J connectivity index is 1.72. The van der Waals surface area contributed by atoms with E-state index >= 15 is 0 Å². The van der Waals surface area contributed by atoms with E-state index in [0.29, 0.717) is 6.42 Å². The largest absolute Gasteiger partial charge is 0.394 e. The average molecular weight is 329 g/mol. The minimum absolute atomic E-state index is 0.0335. The van der Waals surface area contributed by atoms with E-state index in [1.807, 2.05) is 30.3 Å². The molecule has 2 aromatic rings. The number of benzene rings is 1. The number of hydrogen-bond donors (Lipinski definition) is 2. The van der Waals surface area contributed by atoms with Crippen molar-refractivity contribution >= 4 is 17.2 Å². The molecule has 2 atom stereocenters. The van der Waals surface area contributed by atoms with Crippen LogP contribution in [-0.2, 0) is 17.6 Å². The van der Waals surface area contributed by atoms with Crippen molar-refractivity contribution in [2.24, 2.45) is 5.41 Å². The summed E-state index contributed by atoms with van der Waals surface area (Å²) in [5.41, 5.74) is 2.34. The molecule has 0 saturated carbocycles. The highest BCUT2D eigenvalue weighted by molar-refractivity contribution is 7.10. The molecule has 1 aromatic heterocycles. The molecule has 2 N–H and O–H groups in total. The summed E-state index contributed by atoms with van der Waals surface area (Å²) >= 11 is 1.67. The number of fused-ring (bicyclic) bond motifs is 1. The van der Waals surface area contributed by atoms with E-state index in [0.717, 1.165) is 12.0 Å². The Bertz CT molecular complexity index is 678. The van der Waals surface area contributed by atoms with E-state index in [2.05, 4.69) is 30.6 Å². The molecule has 0 saturated heterocycles. The van der Waals surface area contributed by atoms with Crippen LogP contribution in [0.4, 0.5) is 0 Å². The number of carbonyl (C=O) groups excluding carboxylic acids is 1. The maximum absolute atomic E-state index is 12.9. The number of rotatable bonds is 5. The van der Waals surface area contributed by atoms with Crippen LogP contribution >= 0.6 is 11.3 Å². The number of amides is 1. The predicted molar refractivity (Wildman–Crippen MR) is 93.7 cm³/mol. The van der Waals surface area contributed by atoms with Crippen LogP contribution in [0.1, 0.15) is 35.8 Å². The molecule has 0 fully saturated rings. The molecule has 1 aliphatic rings. The first-order chi connectivity index (χ1) is 11.0. The van der Waals surface area contributed by atoms with E-state index in [9.17, 15) is 9.90 Å². The highest BCUT2D eigenvalue weighted by atomic mass is 32.1. The first-order valence-corrected chi connectivity index (χ1v) is 8.90. The zero-order chi connectivity index (χ0) is 16.4. The number of aliphatic hydroxyl groups excluding tert-OH is 1. The summed E-state index contributed by atoms with van der Waals surface area (Å²) < 4.78 is 0. The second-order valence-electron chi connectivity index (χ2n) is 6.99. The molecule has 3 nitrogen and oxygen atoms in total. The first kappa shape index (κ1) is 16.2. The van der Waals surface area contributed by atoms with Gasteiger partial charge >= 0.3 is 0 Å². The van der Waals surface area contributed by atoms with Crippen molar-refractivity contribution < 1.29 is 9.90 Å². The van der Waals surface area contributed by atoms with Gasteiger partial charge in [0, 0.05) is 4.88 Å². The summed E-state index contributed by atoms with van der Waals surface area (Å²) in [5, 5.41) is 14.8. The van der Waals surface area contributed by atoms with Crippen molar-refractivity contribution in [3.8, 4) is 0 Å². The fourth-order valence-electron chi connectivity index (χ4n) is 3.51. The Morgan fingerprint density at radius 3 is 2.78 bits per heavy atom. The lowest BCUT2D eigenvalue weighted by Crippen LogP contribution is -2.44. The maximum Gasteiger partial charge on any atom is 0.229 e. The third-order valence-electron chi connectivity index (χ3n) is 4.62. The van der Waals surface area contributed by atoms with Gasteiger partial charge in [-0.2, -0.15) is 0 Å². The number of aliphatic hydroxyl groups is 1. The molecule has 0 aliphatic heterocycles. The van der Waals surface area contributed by atoms with Gasteiger partial charge in [-0.25, -0.2) is 0 Å². The summed E-state index contributed by atoms with van der Waals surface area (Å²) in [6.07, 6.45) is 1.58. The standard InChI is InChI=1S/C19H23NO2S/c1-19(2)11-14-8-9-23-17(14)16(19)18(22)20-15(12-21)10-13-6-4-3-5-7-13/h3-9,15-16,21H,10-12H2,1-2H3,(H,20,22)/t15-,16+/m0/s1. The molecule has 0 spiro atoms. The van der Waals surface area contributed by atoms with Crippen molar-refractivity contribution in [1.82, 2.24) is 5.32 Å². The zero-order valence-electron chi connectivity index (χ0n) is 13.6. The second kappa shape index (κ2) is 6.46. The van der Waals surface area contributed by atoms with Gasteiger partial charge in [-0.05, 0) is 40.8 Å². The predicted octanol–water partition coefficient (Wildman–Crippen LogP) is 3.13. The molecule has 1 aromatic carbocycles. The van der Waals surface area contributed by atoms with E-state index in [1.54, 1.807) is 11.3 Å². The van der Waals surface area contributed by atoms with Crippen LogP contribution in [0.3, 0.4) is 0 Å². The van der Waals surface area contributed by atoms with E-state index in [1.165, 1.54) is 10.4 Å². The summed E-state index contributed by atoms with van der Waals surface area (Å²) in [4.78, 5) is 14.0. The van der Waals surface area contributed by atoms with Crippen molar-refractivity contribution in [3.05, 3.63) is 57.8 Å². The Morgan fingerprint density at radius 2 is 2.09 bits per heavy atom. The number of nitrogens with one attached hydrogen (secondary N) is 1. The van der Waals surface area contributed by atoms with Crippen molar-refractivity contribution in [2.75, 3.05) is 6.61 Å². The third-order valence-corrected chi connectivity index (χ3v) is 5.65. The van der Waals surface area contributed by atoms with Gasteiger partial charge in [-0.3, -0.25) is 4.79 Å². The van der Waals surface area contributed by atoms with Crippen LogP contribution in [0, 0.1) is 5.41 Å². The molecular formula is C19H23NO2S. The van der Waals surface area contributed by atoms with Gasteiger partial charge in [0.25, 0.3) is 0 Å². The first-order valence-electron chi connectivity index (χ1n) is 8.02. The van der Waals surface area contributed by atoms with Crippen LogP contribution in [0.2, 0.25) is 0 Å². The fourth-order valence-corrected chi connectivity index (χ4v) is 4.75. The van der Waals surface area contributed by atoms with Gasteiger partial charge in [0.2, 0.25) is 5.91 Å². The SMILES string of the molecule is CC1(C)Cc2ccsc2[C@@H]1C(=O)N[C@H](CO)Cc1ccccc1. The Kier molecular flexibility index (Phi) is 4.55. The van der Waals surface area contributed by atoms with Gasteiger partial charge < -0.3 is 10.4 Å². The van der Waals surface area contributed by atoms with Crippen LogP contribution in [0.15, 0.2) is 41.8 Å². The van der Waals surface area contributed by atoms with Gasteiger partial charge in [-0.15, -0.1) is 11.3 Å². The molecule has 1 heterocycles. The molecule has 4 heteroatoms. The topological polar surface area (TPSA) is 49.3 Å². The lowest BCUT2D eigenvalue weighted by Gasteiger charge is -2.28. The number of thiophene rings is 1. The molecule has 1 aliphatic carbocycles. The summed E-state index contributed by atoms with van der Waals surface area (Å²) in [7, 11) is 0. The molecule has 122 valence electrons. The quantitative estimate of drug-likeness (QED) is 0.885. The van der Waals surface area contributed by atoms with Gasteiger partial charge in [0.05, 0.1) is 18.6 Å². The van der Waals surface area contributed by atoms with E-state index in [-0.39, 0.29) is 29.9 Å². The van der Waals surface area contributed by atoms with Crippen LogP contribution in [0.5, 0.6) is 0 Å². The van der Waals surface area contributed by atoms with Crippen LogP contribution < -0.4 is 5.32 Å². The number of carbonyl (C=O) groups is 1. The Labute approximate surface area is 141 Å². The molecule has 0 bridgehead atoms. The molecule has 3 rings (SSSR count). The van der Waals surface area contributed by atoms with Crippen LogP contribution in [0.25, 0.3) is 0 Å². The molecule has 0 radical (unpaired) electrons. The molecule has 23 heavy (non-hydrogen) atoms. The molecule has 1 amide bonds. The molecule has 0 unspecified atom stereocenters. The van der Waals surface area contributed by atoms with Crippen molar-refractivity contribution in [1.29, 1.82) is 0 Å². The normalized spacial score (nSPS) is 20.0. The Hall–Kier alpha value is -1.65. The van der Waals surface area contributed by atoms with Gasteiger partial charge in [0.15, 0.2) is 0 Å². The van der Waals surface area contributed by atoms with Gasteiger partial charge in [0.1, 0.15) is 0 Å². The molecular weight excluding hydrogens is 306 g/mol. The van der Waals surface area contributed by atoms with E-state index < -0.39 is 0 Å². The summed E-state index contributed by atoms with van der Waals surface area (Å²) in [5.74, 6) is -0.0893. The monoisotopic (exact) mass is 329 g/mol. The summed E-state index contributed by atoms with van der Waals surface area (Å²) in [6.45, 7) is 4.25. The fraction of sp³-hybridized carbons (Fsp3) is 0.421. The minimum Gasteiger partial charge on any atom is -0.394 e. The van der Waals surface area contributed by atoms with Gasteiger partial charge in [-0.1, -0.05) is 44.2 Å². The third kappa shape index (κ3) is 3.33. The lowest BCUT2D eigenvalue weighted by molar-refractivity contribution is -0.125. The van der Waals surface area contributed by atoms with Crippen LogP contribution in [-0.4, -0.2) is 23.7 Å². The zero-order valence-corrected chi connectivity index (χ0v) is 14.4. The van der Waals surface area contributed by atoms with Crippen molar-refractivity contribution in [2.45, 2.75) is 38.6 Å². The minimum atomic E-state index is -0.246. The lowest BCUT2D eigenvalue weighted by atomic mass is 9.80. The summed E-state index contributed by atoms with van der Waals surface area (Å²) in [6, 6.07) is 11.8. The highest BCUT2D eigenvalue weighted by Gasteiger charge is 2.44. The van der Waals surface area contributed by atoms with Crippen molar-refractivity contribution in [3.63, 3.8) is 0 Å². The average Bonchev–Trinajstić information content (AvgIpc) is 3.03. The second-order valence-corrected chi connectivity index (χ2v) is 7.93. The highest BCUT2D eigenvalue weighted by Crippen LogP contribution is 2.49.